The summed E-state index contributed by atoms with van der Waals surface area (Å²) < 4.78 is 5.55. The van der Waals surface area contributed by atoms with Gasteiger partial charge in [-0.25, -0.2) is 0 Å². The van der Waals surface area contributed by atoms with Crippen molar-refractivity contribution in [2.24, 2.45) is 0 Å². The van der Waals surface area contributed by atoms with Gasteiger partial charge in [0.1, 0.15) is 10.8 Å². The average Bonchev–Trinajstić information content (AvgIpc) is 2.53. The fraction of sp³-hybridized carbons (Fsp3) is 0.188. The van der Waals surface area contributed by atoms with Crippen LogP contribution in [0.2, 0.25) is 10.0 Å². The van der Waals surface area contributed by atoms with Crippen molar-refractivity contribution >= 4 is 29.0 Å². The number of hydrogen-bond donors (Lipinski definition) is 0. The minimum atomic E-state index is -0.992. The second-order valence-corrected chi connectivity index (χ2v) is 5.32. The fourth-order valence-corrected chi connectivity index (χ4v) is 2.22. The molecule has 0 aliphatic rings. The lowest BCUT2D eigenvalue weighted by atomic mass is 9.98. The third-order valence-corrected chi connectivity index (χ3v) is 3.82. The van der Waals surface area contributed by atoms with Crippen LogP contribution in [-0.4, -0.2) is 16.9 Å². The summed E-state index contributed by atoms with van der Waals surface area (Å²) in [5.74, 6) is -1.08. The van der Waals surface area contributed by atoms with Crippen LogP contribution in [0.3, 0.4) is 0 Å². The number of benzene rings is 1. The van der Waals surface area contributed by atoms with Crippen molar-refractivity contribution in [3.8, 4) is 11.8 Å². The molecule has 0 fully saturated rings. The van der Waals surface area contributed by atoms with Crippen LogP contribution in [-0.2, 0) is 4.79 Å². The van der Waals surface area contributed by atoms with Gasteiger partial charge >= 0.3 is 0 Å². The van der Waals surface area contributed by atoms with Gasteiger partial charge in [0.05, 0.1) is 16.8 Å². The number of aromatic nitrogens is 1. The monoisotopic (exact) mass is 334 g/mol. The van der Waals surface area contributed by atoms with Gasteiger partial charge in [0.2, 0.25) is 0 Å². The Morgan fingerprint density at radius 1 is 1.27 bits per heavy atom. The Morgan fingerprint density at radius 2 is 2.05 bits per heavy atom. The van der Waals surface area contributed by atoms with Crippen LogP contribution < -0.4 is 4.74 Å². The molecular weight excluding hydrogens is 323 g/mol. The quantitative estimate of drug-likeness (QED) is 0.827. The predicted molar refractivity (Wildman–Crippen MR) is 84.2 cm³/mol. The first-order chi connectivity index (χ1) is 10.5. The van der Waals surface area contributed by atoms with Crippen molar-refractivity contribution in [1.29, 1.82) is 5.26 Å². The summed E-state index contributed by atoms with van der Waals surface area (Å²) in [5, 5.41) is 9.82. The van der Waals surface area contributed by atoms with Gasteiger partial charge in [0.15, 0.2) is 17.8 Å². The smallest absolute Gasteiger partial charge is 0.196 e. The molecule has 0 radical (unpaired) electrons. The second kappa shape index (κ2) is 7.26. The molecular formula is C16H12Cl2N2O2. The Morgan fingerprint density at radius 3 is 2.68 bits per heavy atom. The Labute approximate surface area is 138 Å². The molecule has 112 valence electrons. The molecule has 0 saturated carbocycles. The number of carbonyl (C=O) groups excluding carboxylic acids is 1. The Bertz CT molecular complexity index is 714. The first-order valence-corrected chi connectivity index (χ1v) is 7.25. The average molecular weight is 335 g/mol. The molecule has 0 bridgehead atoms. The topological polar surface area (TPSA) is 63.0 Å². The van der Waals surface area contributed by atoms with Gasteiger partial charge in [-0.1, -0.05) is 35.3 Å². The zero-order chi connectivity index (χ0) is 16.1. The molecule has 2 unspecified atom stereocenters. The molecule has 1 aromatic carbocycles. The van der Waals surface area contributed by atoms with E-state index < -0.39 is 17.8 Å². The maximum atomic E-state index is 12.4. The van der Waals surface area contributed by atoms with E-state index in [4.69, 9.17) is 27.9 Å². The highest BCUT2D eigenvalue weighted by Gasteiger charge is 2.28. The lowest BCUT2D eigenvalue weighted by Crippen LogP contribution is -2.29. The minimum absolute atomic E-state index is 0.232. The van der Waals surface area contributed by atoms with E-state index in [0.717, 1.165) is 0 Å². The third-order valence-electron chi connectivity index (χ3n) is 3.02. The lowest BCUT2D eigenvalue weighted by molar-refractivity contribution is -0.125. The number of Topliss-reactive ketones (excluding diaryl/α,β-unsaturated/α-hetero) is 1. The molecule has 0 aliphatic carbocycles. The summed E-state index contributed by atoms with van der Waals surface area (Å²) in [7, 11) is 0. The number of ether oxygens (including phenoxy) is 1. The molecule has 22 heavy (non-hydrogen) atoms. The van der Waals surface area contributed by atoms with Crippen LogP contribution >= 0.6 is 23.2 Å². The van der Waals surface area contributed by atoms with E-state index in [9.17, 15) is 10.1 Å². The van der Waals surface area contributed by atoms with E-state index in [2.05, 4.69) is 4.98 Å². The van der Waals surface area contributed by atoms with Crippen LogP contribution in [0.15, 0.2) is 42.6 Å². The number of nitrogens with zero attached hydrogens (tertiary/aromatic N) is 2. The van der Waals surface area contributed by atoms with Gasteiger partial charge in [0, 0.05) is 6.20 Å². The molecule has 2 rings (SSSR count). The Hall–Kier alpha value is -2.09. The second-order valence-electron chi connectivity index (χ2n) is 4.53. The van der Waals surface area contributed by atoms with Crippen LogP contribution in [0.1, 0.15) is 18.5 Å². The maximum Gasteiger partial charge on any atom is 0.196 e. The van der Waals surface area contributed by atoms with Crippen LogP contribution in [0.4, 0.5) is 0 Å². The van der Waals surface area contributed by atoms with E-state index in [1.54, 1.807) is 43.3 Å². The molecule has 0 spiro atoms. The van der Waals surface area contributed by atoms with Crippen LogP contribution in [0, 0.1) is 11.3 Å². The summed E-state index contributed by atoms with van der Waals surface area (Å²) in [6.07, 6.45) is 0.675. The first kappa shape index (κ1) is 16.3. The number of rotatable bonds is 5. The van der Waals surface area contributed by atoms with Gasteiger partial charge < -0.3 is 4.74 Å². The SMILES string of the molecule is CC(Oc1cccc(Cl)c1Cl)C(=O)C(C#N)c1ccccn1. The van der Waals surface area contributed by atoms with E-state index in [0.29, 0.717) is 16.5 Å². The van der Waals surface area contributed by atoms with Crippen molar-refractivity contribution in [1.82, 2.24) is 4.98 Å². The highest BCUT2D eigenvalue weighted by atomic mass is 35.5. The van der Waals surface area contributed by atoms with Gasteiger partial charge in [-0.15, -0.1) is 0 Å². The standard InChI is InChI=1S/C16H12Cl2N2O2/c1-10(22-14-7-4-5-12(17)15(14)18)16(21)11(9-19)13-6-2-3-8-20-13/h2-8,10-11H,1H3. The highest BCUT2D eigenvalue weighted by molar-refractivity contribution is 6.42. The largest absolute Gasteiger partial charge is 0.481 e. The molecule has 0 saturated heterocycles. The van der Waals surface area contributed by atoms with Gasteiger partial charge in [-0.3, -0.25) is 9.78 Å². The van der Waals surface area contributed by atoms with E-state index in [-0.39, 0.29) is 5.02 Å². The normalized spacial score (nSPS) is 13.0. The third kappa shape index (κ3) is 3.56. The zero-order valence-corrected chi connectivity index (χ0v) is 13.2. The van der Waals surface area contributed by atoms with Gasteiger partial charge in [0.25, 0.3) is 0 Å². The van der Waals surface area contributed by atoms with Crippen LogP contribution in [0.5, 0.6) is 5.75 Å². The molecule has 0 aliphatic heterocycles. The number of hydrogen-bond acceptors (Lipinski definition) is 4. The van der Waals surface area contributed by atoms with Crippen molar-refractivity contribution in [2.45, 2.75) is 18.9 Å². The van der Waals surface area contributed by atoms with E-state index in [1.165, 1.54) is 6.20 Å². The summed E-state index contributed by atoms with van der Waals surface area (Å²) in [5.41, 5.74) is 0.391. The molecule has 6 heteroatoms. The van der Waals surface area contributed by atoms with Gasteiger partial charge in [-0.2, -0.15) is 5.26 Å². The summed E-state index contributed by atoms with van der Waals surface area (Å²) in [6, 6.07) is 11.9. The highest BCUT2D eigenvalue weighted by Crippen LogP contribution is 2.32. The number of nitriles is 1. The number of halogens is 2. The number of ketones is 1. The zero-order valence-electron chi connectivity index (χ0n) is 11.7. The molecule has 1 aromatic heterocycles. The Kier molecular flexibility index (Phi) is 5.37. The summed E-state index contributed by atoms with van der Waals surface area (Å²) in [4.78, 5) is 16.5. The lowest BCUT2D eigenvalue weighted by Gasteiger charge is -2.17. The minimum Gasteiger partial charge on any atom is -0.481 e. The van der Waals surface area contributed by atoms with E-state index >= 15 is 0 Å². The predicted octanol–water partition coefficient (Wildman–Crippen LogP) is 4.03. The van der Waals surface area contributed by atoms with Crippen molar-refractivity contribution < 1.29 is 9.53 Å². The number of pyridine rings is 1. The summed E-state index contributed by atoms with van der Waals surface area (Å²) >= 11 is 11.9. The molecule has 4 nitrogen and oxygen atoms in total. The van der Waals surface area contributed by atoms with Crippen molar-refractivity contribution in [3.63, 3.8) is 0 Å². The molecule has 2 atom stereocenters. The summed E-state index contributed by atoms with van der Waals surface area (Å²) in [6.45, 7) is 1.56. The van der Waals surface area contributed by atoms with Crippen LogP contribution in [0.25, 0.3) is 0 Å². The molecule has 1 heterocycles. The van der Waals surface area contributed by atoms with Crippen molar-refractivity contribution in [3.05, 3.63) is 58.3 Å². The number of carbonyl (C=O) groups is 1. The Balaban J connectivity index is 2.18. The molecule has 0 amide bonds. The maximum absolute atomic E-state index is 12.4. The van der Waals surface area contributed by atoms with E-state index in [1.807, 2.05) is 6.07 Å². The molecule has 2 aromatic rings. The first-order valence-electron chi connectivity index (χ1n) is 6.49. The van der Waals surface area contributed by atoms with Gasteiger partial charge in [-0.05, 0) is 31.2 Å². The fourth-order valence-electron chi connectivity index (χ4n) is 1.88. The van der Waals surface area contributed by atoms with Crippen molar-refractivity contribution in [2.75, 3.05) is 0 Å². The molecule has 0 N–H and O–H groups in total.